The molecule has 0 atom stereocenters. The van der Waals surface area contributed by atoms with Crippen LogP contribution in [0.2, 0.25) is 0 Å². The van der Waals surface area contributed by atoms with Gasteiger partial charge in [-0.15, -0.1) is 0 Å². The molecule has 0 spiro atoms. The van der Waals surface area contributed by atoms with Crippen molar-refractivity contribution in [3.8, 4) is 5.75 Å². The van der Waals surface area contributed by atoms with Gasteiger partial charge in [0.2, 0.25) is 0 Å². The number of hydrogen-bond acceptors (Lipinski definition) is 4. The highest BCUT2D eigenvalue weighted by Gasteiger charge is 2.30. The average molecular weight is 309 g/mol. The number of hydrazone groups is 1. The first-order chi connectivity index (χ1) is 10.3. The average Bonchev–Trinajstić information content (AvgIpc) is 2.44. The Bertz CT molecular complexity index is 671. The molecule has 0 fully saturated rings. The lowest BCUT2D eigenvalue weighted by Crippen LogP contribution is -2.05. The van der Waals surface area contributed by atoms with Gasteiger partial charge in [0.1, 0.15) is 11.6 Å². The van der Waals surface area contributed by atoms with Gasteiger partial charge in [0.05, 0.1) is 11.8 Å². The summed E-state index contributed by atoms with van der Waals surface area (Å²) >= 11 is 0. The fourth-order valence-electron chi connectivity index (χ4n) is 1.86. The molecule has 0 bridgehead atoms. The number of aromatic hydroxyl groups is 1. The zero-order valence-electron chi connectivity index (χ0n) is 11.9. The molecule has 7 heteroatoms. The van der Waals surface area contributed by atoms with Crippen molar-refractivity contribution in [1.82, 2.24) is 4.98 Å². The molecule has 116 valence electrons. The van der Waals surface area contributed by atoms with Crippen molar-refractivity contribution in [2.45, 2.75) is 20.0 Å². The Morgan fingerprint density at radius 2 is 1.82 bits per heavy atom. The Morgan fingerprint density at radius 3 is 2.32 bits per heavy atom. The second-order valence-corrected chi connectivity index (χ2v) is 4.80. The minimum absolute atomic E-state index is 0.205. The van der Waals surface area contributed by atoms with Crippen molar-refractivity contribution in [1.29, 1.82) is 0 Å². The molecule has 1 aromatic heterocycles. The van der Waals surface area contributed by atoms with Crippen LogP contribution in [0.1, 0.15) is 22.3 Å². The van der Waals surface area contributed by atoms with E-state index in [1.807, 2.05) is 0 Å². The van der Waals surface area contributed by atoms with E-state index in [2.05, 4.69) is 15.5 Å². The van der Waals surface area contributed by atoms with Crippen molar-refractivity contribution < 1.29 is 18.3 Å². The second kappa shape index (κ2) is 6.05. The summed E-state index contributed by atoms with van der Waals surface area (Å²) in [5.41, 5.74) is 3.93. The molecule has 0 radical (unpaired) electrons. The number of anilines is 1. The van der Waals surface area contributed by atoms with Crippen molar-refractivity contribution in [3.63, 3.8) is 0 Å². The lowest BCUT2D eigenvalue weighted by atomic mass is 10.1. The van der Waals surface area contributed by atoms with E-state index in [9.17, 15) is 18.3 Å². The Labute approximate surface area is 125 Å². The molecule has 0 aliphatic carbocycles. The number of pyridine rings is 1. The van der Waals surface area contributed by atoms with Crippen LogP contribution < -0.4 is 5.43 Å². The number of phenolic OH excluding ortho intramolecular Hbond substituents is 1. The van der Waals surface area contributed by atoms with Crippen LogP contribution >= 0.6 is 0 Å². The SMILES string of the molecule is Cc1cc(/C=N/Nc2ccc(C(F)(F)F)cn2)cc(C)c1O. The maximum Gasteiger partial charge on any atom is 0.417 e. The van der Waals surface area contributed by atoms with E-state index < -0.39 is 11.7 Å². The summed E-state index contributed by atoms with van der Waals surface area (Å²) in [7, 11) is 0. The van der Waals surface area contributed by atoms with Gasteiger partial charge in [0, 0.05) is 6.20 Å². The molecule has 2 rings (SSSR count). The molecule has 22 heavy (non-hydrogen) atoms. The quantitative estimate of drug-likeness (QED) is 0.668. The number of aromatic nitrogens is 1. The first-order valence-electron chi connectivity index (χ1n) is 6.40. The minimum Gasteiger partial charge on any atom is -0.507 e. The van der Waals surface area contributed by atoms with Gasteiger partial charge >= 0.3 is 6.18 Å². The molecule has 0 aliphatic heterocycles. The summed E-state index contributed by atoms with van der Waals surface area (Å²) in [4.78, 5) is 3.64. The predicted molar refractivity (Wildman–Crippen MR) is 78.0 cm³/mol. The van der Waals surface area contributed by atoms with Crippen molar-refractivity contribution in [3.05, 3.63) is 52.7 Å². The molecular weight excluding hydrogens is 295 g/mol. The maximum atomic E-state index is 12.4. The summed E-state index contributed by atoms with van der Waals surface area (Å²) in [5, 5.41) is 13.6. The number of halogens is 3. The van der Waals surface area contributed by atoms with Gasteiger partial charge in [-0.25, -0.2) is 4.98 Å². The third kappa shape index (κ3) is 3.75. The van der Waals surface area contributed by atoms with E-state index in [1.54, 1.807) is 26.0 Å². The van der Waals surface area contributed by atoms with E-state index in [0.717, 1.165) is 17.8 Å². The highest BCUT2D eigenvalue weighted by molar-refractivity contribution is 5.81. The Hall–Kier alpha value is -2.57. The molecule has 4 nitrogen and oxygen atoms in total. The molecular formula is C15H14F3N3O. The van der Waals surface area contributed by atoms with Crippen LogP contribution in [0.5, 0.6) is 5.75 Å². The predicted octanol–water partition coefficient (Wildman–Crippen LogP) is 3.87. The van der Waals surface area contributed by atoms with E-state index in [0.29, 0.717) is 11.1 Å². The summed E-state index contributed by atoms with van der Waals surface area (Å²) in [6.45, 7) is 3.54. The highest BCUT2D eigenvalue weighted by Crippen LogP contribution is 2.28. The number of nitrogens with zero attached hydrogens (tertiary/aromatic N) is 2. The van der Waals surface area contributed by atoms with Gasteiger partial charge in [0.25, 0.3) is 0 Å². The Morgan fingerprint density at radius 1 is 1.18 bits per heavy atom. The third-order valence-electron chi connectivity index (χ3n) is 3.00. The largest absolute Gasteiger partial charge is 0.507 e. The van der Waals surface area contributed by atoms with Crippen LogP contribution in [0.25, 0.3) is 0 Å². The number of aryl methyl sites for hydroxylation is 2. The van der Waals surface area contributed by atoms with Gasteiger partial charge in [-0.1, -0.05) is 0 Å². The highest BCUT2D eigenvalue weighted by atomic mass is 19.4. The number of rotatable bonds is 3. The zero-order valence-corrected chi connectivity index (χ0v) is 11.9. The number of benzene rings is 1. The first kappa shape index (κ1) is 15.8. The van der Waals surface area contributed by atoms with E-state index in [-0.39, 0.29) is 11.6 Å². The molecule has 0 saturated carbocycles. The summed E-state index contributed by atoms with van der Waals surface area (Å²) in [6, 6.07) is 5.62. The fourth-order valence-corrected chi connectivity index (χ4v) is 1.86. The normalized spacial score (nSPS) is 11.9. The minimum atomic E-state index is -4.41. The third-order valence-corrected chi connectivity index (χ3v) is 3.00. The topological polar surface area (TPSA) is 57.5 Å². The number of alkyl halides is 3. The number of nitrogens with one attached hydrogen (secondary N) is 1. The van der Waals surface area contributed by atoms with Crippen LogP contribution in [0, 0.1) is 13.8 Å². The summed E-state index contributed by atoms with van der Waals surface area (Å²) < 4.78 is 37.2. The fraction of sp³-hybridized carbons (Fsp3) is 0.200. The monoisotopic (exact) mass is 309 g/mol. The van der Waals surface area contributed by atoms with Crippen molar-refractivity contribution in [2.75, 3.05) is 5.43 Å². The molecule has 0 aliphatic rings. The lowest BCUT2D eigenvalue weighted by molar-refractivity contribution is -0.137. The number of hydrogen-bond donors (Lipinski definition) is 2. The van der Waals surface area contributed by atoms with Crippen LogP contribution in [0.3, 0.4) is 0 Å². The van der Waals surface area contributed by atoms with Crippen molar-refractivity contribution >= 4 is 12.0 Å². The van der Waals surface area contributed by atoms with Crippen LogP contribution in [-0.2, 0) is 6.18 Å². The van der Waals surface area contributed by atoms with Crippen LogP contribution in [0.15, 0.2) is 35.6 Å². The van der Waals surface area contributed by atoms with Gasteiger partial charge in [-0.05, 0) is 54.8 Å². The maximum absolute atomic E-state index is 12.4. The summed E-state index contributed by atoms with van der Waals surface area (Å²) in [5.74, 6) is 0.436. The van der Waals surface area contributed by atoms with E-state index in [4.69, 9.17) is 0 Å². The van der Waals surface area contributed by atoms with Gasteiger partial charge in [0.15, 0.2) is 0 Å². The molecule has 0 saturated heterocycles. The van der Waals surface area contributed by atoms with Crippen LogP contribution in [-0.4, -0.2) is 16.3 Å². The molecule has 0 unspecified atom stereocenters. The van der Waals surface area contributed by atoms with Crippen molar-refractivity contribution in [2.24, 2.45) is 5.10 Å². The van der Waals surface area contributed by atoms with Gasteiger partial charge in [-0.2, -0.15) is 18.3 Å². The smallest absolute Gasteiger partial charge is 0.417 e. The van der Waals surface area contributed by atoms with E-state index in [1.165, 1.54) is 12.3 Å². The lowest BCUT2D eigenvalue weighted by Gasteiger charge is -2.06. The molecule has 2 aromatic rings. The zero-order chi connectivity index (χ0) is 16.3. The molecule has 2 N–H and O–H groups in total. The first-order valence-corrected chi connectivity index (χ1v) is 6.40. The van der Waals surface area contributed by atoms with E-state index >= 15 is 0 Å². The van der Waals surface area contributed by atoms with Gasteiger partial charge in [-0.3, -0.25) is 5.43 Å². The molecule has 1 heterocycles. The Kier molecular flexibility index (Phi) is 4.35. The summed E-state index contributed by atoms with van der Waals surface area (Å²) in [6.07, 6.45) is -2.17. The van der Waals surface area contributed by atoms with Gasteiger partial charge < -0.3 is 5.11 Å². The molecule has 1 aromatic carbocycles. The Balaban J connectivity index is 2.07. The van der Waals surface area contributed by atoms with Crippen LogP contribution in [0.4, 0.5) is 19.0 Å². The molecule has 0 amide bonds. The second-order valence-electron chi connectivity index (χ2n) is 4.80. The number of phenols is 1. The standard InChI is InChI=1S/C15H14F3N3O/c1-9-5-11(6-10(2)14(9)22)7-20-21-13-4-3-12(8-19-13)15(16,17)18/h3-8,22H,1-2H3,(H,19,21)/b20-7+.